The minimum Gasteiger partial charge on any atom is -0.444 e. The van der Waals surface area contributed by atoms with Crippen molar-refractivity contribution >= 4 is 34.9 Å². The Morgan fingerprint density at radius 3 is 2.29 bits per heavy atom. The molecule has 5 rings (SSSR count). The Hall–Kier alpha value is -4.92. The number of fused-ring (bicyclic) bond motifs is 1. The van der Waals surface area contributed by atoms with Crippen LogP contribution < -0.4 is 5.32 Å². The van der Waals surface area contributed by atoms with Gasteiger partial charge in [0.25, 0.3) is 0 Å². The third-order valence-corrected chi connectivity index (χ3v) is 7.28. The number of nitriles is 1. The molecule has 12 heteroatoms. The molecule has 0 spiro atoms. The van der Waals surface area contributed by atoms with Gasteiger partial charge in [-0.3, -0.25) is 4.68 Å². The zero-order chi connectivity index (χ0) is 32.4. The lowest BCUT2D eigenvalue weighted by molar-refractivity contribution is 0.0204. The molecular weight excluding hydrogens is 572 g/mol. The summed E-state index contributed by atoms with van der Waals surface area (Å²) in [7, 11) is 0. The fraction of sp³-hybridized carbons (Fsp3) is 0.455. The fourth-order valence-electron chi connectivity index (χ4n) is 5.21. The van der Waals surface area contributed by atoms with E-state index in [9.17, 15) is 9.59 Å². The Morgan fingerprint density at radius 1 is 0.978 bits per heavy atom. The van der Waals surface area contributed by atoms with Gasteiger partial charge < -0.3 is 19.7 Å². The summed E-state index contributed by atoms with van der Waals surface area (Å²) < 4.78 is 14.2. The Morgan fingerprint density at radius 2 is 1.64 bits per heavy atom. The minimum absolute atomic E-state index is 0.260. The fourth-order valence-corrected chi connectivity index (χ4v) is 5.21. The molecule has 0 bridgehead atoms. The largest absolute Gasteiger partial charge is 0.444 e. The number of benzene rings is 1. The van der Waals surface area contributed by atoms with Crippen LogP contribution >= 0.6 is 0 Å². The summed E-state index contributed by atoms with van der Waals surface area (Å²) in [6.07, 6.45) is 6.40. The Balaban J connectivity index is 1.37. The van der Waals surface area contributed by atoms with Crippen LogP contribution in [0.4, 0.5) is 21.2 Å². The van der Waals surface area contributed by atoms with Crippen molar-refractivity contribution in [2.75, 3.05) is 18.4 Å². The molecule has 236 valence electrons. The number of anilines is 2. The molecule has 1 fully saturated rings. The van der Waals surface area contributed by atoms with E-state index in [-0.39, 0.29) is 6.09 Å². The molecule has 1 amide bonds. The SMILES string of the molecule is CC(C)(C)OC(=O)N1CCC(c2ccc(Nc3nc(-c4cnn(CCC#N)c4)c4ccn(C(=O)OC(C)(C)C)c4n3)cc2)CC1. The molecule has 1 aromatic carbocycles. The van der Waals surface area contributed by atoms with Gasteiger partial charge in [0.15, 0.2) is 5.65 Å². The molecule has 0 atom stereocenters. The van der Waals surface area contributed by atoms with Crippen LogP contribution in [-0.4, -0.2) is 65.7 Å². The van der Waals surface area contributed by atoms with Crippen molar-refractivity contribution in [3.05, 3.63) is 54.5 Å². The highest BCUT2D eigenvalue weighted by Crippen LogP contribution is 2.32. The highest BCUT2D eigenvalue weighted by atomic mass is 16.6. The van der Waals surface area contributed by atoms with Gasteiger partial charge in [-0.15, -0.1) is 0 Å². The van der Waals surface area contributed by atoms with Crippen molar-refractivity contribution in [3.63, 3.8) is 0 Å². The number of carbonyl (C=O) groups is 2. The van der Waals surface area contributed by atoms with Crippen LogP contribution in [0.1, 0.15) is 72.3 Å². The third kappa shape index (κ3) is 7.78. The van der Waals surface area contributed by atoms with Gasteiger partial charge in [-0.25, -0.2) is 19.1 Å². The van der Waals surface area contributed by atoms with Crippen LogP contribution in [0.25, 0.3) is 22.3 Å². The Bertz CT molecular complexity index is 1710. The van der Waals surface area contributed by atoms with Crippen molar-refractivity contribution in [1.82, 2.24) is 29.2 Å². The first kappa shape index (κ1) is 31.5. The molecule has 3 aromatic heterocycles. The summed E-state index contributed by atoms with van der Waals surface area (Å²) in [4.78, 5) is 36.8. The lowest BCUT2D eigenvalue weighted by Crippen LogP contribution is -2.41. The highest BCUT2D eigenvalue weighted by molar-refractivity contribution is 5.96. The summed E-state index contributed by atoms with van der Waals surface area (Å²) >= 11 is 0. The van der Waals surface area contributed by atoms with E-state index in [1.54, 1.807) is 28.0 Å². The van der Waals surface area contributed by atoms with Gasteiger partial charge in [0.2, 0.25) is 5.95 Å². The standard InChI is InChI=1S/C33H40N8O4/c1-32(2,3)44-30(42)39-17-12-23(13-18-39)22-8-10-25(11-9-22)36-29-37-27(24-20-35-40(21-24)16-7-15-34)26-14-19-41(28(26)38-29)31(43)45-33(4,5)6/h8-11,14,19-21,23H,7,12-13,16-18H2,1-6H3,(H,36,37,38). The van der Waals surface area contributed by atoms with Gasteiger partial charge in [-0.1, -0.05) is 12.1 Å². The van der Waals surface area contributed by atoms with Gasteiger partial charge in [0.05, 0.1) is 30.9 Å². The third-order valence-electron chi connectivity index (χ3n) is 7.28. The zero-order valence-corrected chi connectivity index (χ0v) is 26.7. The van der Waals surface area contributed by atoms with Crippen molar-refractivity contribution in [1.29, 1.82) is 5.26 Å². The molecule has 1 N–H and O–H groups in total. The van der Waals surface area contributed by atoms with Gasteiger partial charge in [0.1, 0.15) is 11.2 Å². The van der Waals surface area contributed by atoms with E-state index in [1.807, 2.05) is 59.9 Å². The predicted molar refractivity (Wildman–Crippen MR) is 170 cm³/mol. The van der Waals surface area contributed by atoms with Crippen molar-refractivity contribution < 1.29 is 19.1 Å². The van der Waals surface area contributed by atoms with Gasteiger partial charge in [-0.2, -0.15) is 15.3 Å². The minimum atomic E-state index is -0.680. The number of piperidine rings is 1. The summed E-state index contributed by atoms with van der Waals surface area (Å²) in [5.41, 5.74) is 2.53. The number of aryl methyl sites for hydroxylation is 1. The number of carbonyl (C=O) groups excluding carboxylic acids is 2. The smallest absolute Gasteiger partial charge is 0.420 e. The molecule has 12 nitrogen and oxygen atoms in total. The van der Waals surface area contributed by atoms with E-state index in [1.165, 1.54) is 10.1 Å². The molecule has 1 saturated heterocycles. The molecule has 0 radical (unpaired) electrons. The maximum atomic E-state index is 13.1. The number of nitrogens with zero attached hydrogens (tertiary/aromatic N) is 7. The summed E-state index contributed by atoms with van der Waals surface area (Å²) in [5.74, 6) is 0.649. The molecule has 1 aliphatic rings. The first-order chi connectivity index (χ1) is 21.3. The summed E-state index contributed by atoms with van der Waals surface area (Å²) in [6.45, 7) is 12.8. The topological polar surface area (TPSA) is 140 Å². The number of likely N-dealkylation sites (tertiary alicyclic amines) is 1. The number of ether oxygens (including phenoxy) is 2. The maximum Gasteiger partial charge on any atom is 0.420 e. The molecule has 0 saturated carbocycles. The second-order valence-electron chi connectivity index (χ2n) is 13.2. The number of aromatic nitrogens is 5. The molecule has 0 aliphatic carbocycles. The van der Waals surface area contributed by atoms with E-state index in [4.69, 9.17) is 24.7 Å². The van der Waals surface area contributed by atoms with E-state index in [0.717, 1.165) is 24.1 Å². The van der Waals surface area contributed by atoms with Crippen molar-refractivity contribution in [2.24, 2.45) is 0 Å². The molecule has 0 unspecified atom stereocenters. The number of amides is 1. The first-order valence-electron chi connectivity index (χ1n) is 15.2. The maximum absolute atomic E-state index is 13.1. The number of rotatable bonds is 6. The number of hydrogen-bond donors (Lipinski definition) is 1. The van der Waals surface area contributed by atoms with Crippen molar-refractivity contribution in [3.8, 4) is 17.3 Å². The first-order valence-corrected chi connectivity index (χ1v) is 15.2. The molecule has 4 heterocycles. The molecule has 1 aliphatic heterocycles. The predicted octanol–water partition coefficient (Wildman–Crippen LogP) is 6.85. The van der Waals surface area contributed by atoms with E-state index in [2.05, 4.69) is 28.6 Å². The molecule has 45 heavy (non-hydrogen) atoms. The zero-order valence-electron chi connectivity index (χ0n) is 26.7. The lowest BCUT2D eigenvalue weighted by atomic mass is 9.89. The van der Waals surface area contributed by atoms with Crippen LogP contribution in [0, 0.1) is 11.3 Å². The van der Waals surface area contributed by atoms with E-state index < -0.39 is 17.3 Å². The van der Waals surface area contributed by atoms with Gasteiger partial charge in [-0.05, 0) is 84.1 Å². The van der Waals surface area contributed by atoms with Crippen molar-refractivity contribution in [2.45, 2.75) is 84.5 Å². The van der Waals surface area contributed by atoms with E-state index >= 15 is 0 Å². The summed E-state index contributed by atoms with van der Waals surface area (Å²) in [6, 6.07) is 12.0. The summed E-state index contributed by atoms with van der Waals surface area (Å²) in [5, 5.41) is 17.3. The van der Waals surface area contributed by atoms with Gasteiger partial charge >= 0.3 is 12.2 Å². The Kier molecular flexibility index (Phi) is 8.82. The highest BCUT2D eigenvalue weighted by Gasteiger charge is 2.28. The average molecular weight is 613 g/mol. The van der Waals surface area contributed by atoms with Crippen LogP contribution in [0.3, 0.4) is 0 Å². The lowest BCUT2D eigenvalue weighted by Gasteiger charge is -2.33. The molecule has 4 aromatic rings. The number of hydrogen-bond acceptors (Lipinski definition) is 9. The number of nitrogens with one attached hydrogen (secondary N) is 1. The van der Waals surface area contributed by atoms with Crippen LogP contribution in [0.15, 0.2) is 48.9 Å². The second-order valence-corrected chi connectivity index (χ2v) is 13.2. The van der Waals surface area contributed by atoms with Crippen LogP contribution in [-0.2, 0) is 16.0 Å². The molecular formula is C33H40N8O4. The normalized spacial score (nSPS) is 14.3. The monoisotopic (exact) mass is 612 g/mol. The quantitative estimate of drug-likeness (QED) is 0.247. The second kappa shape index (κ2) is 12.6. The van der Waals surface area contributed by atoms with E-state index in [0.29, 0.717) is 54.6 Å². The van der Waals surface area contributed by atoms with Gasteiger partial charge in [0, 0.05) is 42.1 Å². The van der Waals surface area contributed by atoms with Crippen LogP contribution in [0.2, 0.25) is 0 Å². The average Bonchev–Trinajstić information content (AvgIpc) is 3.62. The van der Waals surface area contributed by atoms with Crippen LogP contribution in [0.5, 0.6) is 0 Å². The Labute approximate surface area is 263 Å².